The number of fused-ring (bicyclic) bond motifs is 1. The van der Waals surface area contributed by atoms with Gasteiger partial charge in [-0.1, -0.05) is 43.7 Å². The number of hydrogen-bond acceptors (Lipinski definition) is 4. The Morgan fingerprint density at radius 1 is 1.12 bits per heavy atom. The van der Waals surface area contributed by atoms with Gasteiger partial charge in [0.05, 0.1) is 12.2 Å². The molecule has 0 spiro atoms. The molecule has 172 valence electrons. The Morgan fingerprint density at radius 2 is 1.88 bits per heavy atom. The Hall–Kier alpha value is -2.47. The van der Waals surface area contributed by atoms with E-state index in [-0.39, 0.29) is 11.5 Å². The van der Waals surface area contributed by atoms with Crippen LogP contribution in [0.2, 0.25) is 0 Å². The number of likely N-dealkylation sites (N-methyl/N-ethyl adjacent to an activating group) is 1. The zero-order chi connectivity index (χ0) is 22.5. The summed E-state index contributed by atoms with van der Waals surface area (Å²) in [5.41, 5.74) is 2.33. The minimum atomic E-state index is 0.110. The lowest BCUT2D eigenvalue weighted by Crippen LogP contribution is -2.43. The fourth-order valence-corrected chi connectivity index (χ4v) is 5.04. The van der Waals surface area contributed by atoms with Crippen LogP contribution >= 0.6 is 0 Å². The maximum absolute atomic E-state index is 12.8. The quantitative estimate of drug-likeness (QED) is 0.696. The van der Waals surface area contributed by atoms with Crippen LogP contribution in [0.25, 0.3) is 0 Å². The summed E-state index contributed by atoms with van der Waals surface area (Å²) in [6.45, 7) is 5.91. The number of rotatable bonds is 6. The number of benzene rings is 1. The molecule has 0 radical (unpaired) electrons. The van der Waals surface area contributed by atoms with E-state index in [1.54, 1.807) is 6.07 Å². The van der Waals surface area contributed by atoms with Crippen molar-refractivity contribution in [1.29, 1.82) is 0 Å². The molecule has 2 aromatic rings. The van der Waals surface area contributed by atoms with Crippen molar-refractivity contribution in [1.82, 2.24) is 19.4 Å². The summed E-state index contributed by atoms with van der Waals surface area (Å²) >= 11 is 0. The van der Waals surface area contributed by atoms with E-state index in [4.69, 9.17) is 4.98 Å². The number of nitrogens with zero attached hydrogens (tertiary/aromatic N) is 4. The number of carbonyl (C=O) groups excluding carboxylic acids is 1. The second-order valence-corrected chi connectivity index (χ2v) is 9.53. The normalized spacial score (nSPS) is 18.6. The van der Waals surface area contributed by atoms with Gasteiger partial charge in [0.1, 0.15) is 5.82 Å². The van der Waals surface area contributed by atoms with E-state index in [2.05, 4.69) is 24.0 Å². The molecule has 2 aliphatic heterocycles. The van der Waals surface area contributed by atoms with Gasteiger partial charge in [0.2, 0.25) is 5.91 Å². The third kappa shape index (κ3) is 5.47. The number of carbonyl (C=O) groups is 1. The number of piperidine rings is 1. The largest absolute Gasteiger partial charge is 0.344 e. The first-order chi connectivity index (χ1) is 15.5. The summed E-state index contributed by atoms with van der Waals surface area (Å²) in [7, 11) is 1.90. The molecule has 1 aromatic heterocycles. The summed E-state index contributed by atoms with van der Waals surface area (Å²) < 4.78 is 1.87. The third-order valence-corrected chi connectivity index (χ3v) is 7.10. The third-order valence-electron chi connectivity index (χ3n) is 7.10. The molecule has 2 aliphatic rings. The lowest BCUT2D eigenvalue weighted by atomic mass is 9.93. The summed E-state index contributed by atoms with van der Waals surface area (Å²) in [6.07, 6.45) is 6.17. The van der Waals surface area contributed by atoms with Gasteiger partial charge in [0, 0.05) is 38.5 Å². The fourth-order valence-electron chi connectivity index (χ4n) is 5.04. The van der Waals surface area contributed by atoms with E-state index in [1.807, 2.05) is 34.7 Å². The first kappa shape index (κ1) is 22.7. The van der Waals surface area contributed by atoms with E-state index in [9.17, 15) is 9.59 Å². The van der Waals surface area contributed by atoms with Crippen molar-refractivity contribution in [3.63, 3.8) is 0 Å². The number of likely N-dealkylation sites (tertiary alicyclic amines) is 1. The van der Waals surface area contributed by atoms with Gasteiger partial charge in [-0.3, -0.25) is 19.1 Å². The van der Waals surface area contributed by atoms with E-state index in [0.29, 0.717) is 18.4 Å². The van der Waals surface area contributed by atoms with Gasteiger partial charge in [-0.15, -0.1) is 0 Å². The lowest BCUT2D eigenvalue weighted by molar-refractivity contribution is -0.131. The second-order valence-electron chi connectivity index (χ2n) is 9.53. The van der Waals surface area contributed by atoms with Crippen molar-refractivity contribution in [2.24, 2.45) is 0 Å². The maximum atomic E-state index is 12.8. The van der Waals surface area contributed by atoms with Crippen molar-refractivity contribution in [2.45, 2.75) is 63.8 Å². The minimum Gasteiger partial charge on any atom is -0.344 e. The van der Waals surface area contributed by atoms with Crippen LogP contribution in [0.3, 0.4) is 0 Å². The lowest BCUT2D eigenvalue weighted by Gasteiger charge is -2.33. The highest BCUT2D eigenvalue weighted by Crippen LogP contribution is 2.27. The van der Waals surface area contributed by atoms with Crippen LogP contribution in [0.5, 0.6) is 0 Å². The zero-order valence-electron chi connectivity index (χ0n) is 19.5. The Labute approximate surface area is 191 Å². The number of aryl methyl sites for hydroxylation is 1. The molecular weight excluding hydrogens is 400 g/mol. The van der Waals surface area contributed by atoms with Gasteiger partial charge >= 0.3 is 0 Å². The van der Waals surface area contributed by atoms with E-state index < -0.39 is 0 Å². The van der Waals surface area contributed by atoms with Crippen molar-refractivity contribution in [3.8, 4) is 0 Å². The van der Waals surface area contributed by atoms with Crippen LogP contribution in [0.1, 0.15) is 67.9 Å². The van der Waals surface area contributed by atoms with E-state index in [0.717, 1.165) is 69.8 Å². The highest BCUT2D eigenvalue weighted by Gasteiger charge is 2.25. The molecule has 6 nitrogen and oxygen atoms in total. The number of hydrogen-bond donors (Lipinski definition) is 0. The summed E-state index contributed by atoms with van der Waals surface area (Å²) in [4.78, 5) is 34.4. The molecule has 1 amide bonds. The molecule has 32 heavy (non-hydrogen) atoms. The summed E-state index contributed by atoms with van der Waals surface area (Å²) in [5.74, 6) is 1.78. The predicted octanol–water partition coefficient (Wildman–Crippen LogP) is 3.41. The van der Waals surface area contributed by atoms with Crippen LogP contribution in [-0.4, -0.2) is 58.5 Å². The van der Waals surface area contributed by atoms with Crippen molar-refractivity contribution < 1.29 is 4.79 Å². The van der Waals surface area contributed by atoms with Gasteiger partial charge in [-0.05, 0) is 50.3 Å². The molecular formula is C26H36N4O2. The zero-order valence-corrected chi connectivity index (χ0v) is 19.5. The monoisotopic (exact) mass is 436 g/mol. The topological polar surface area (TPSA) is 58.4 Å². The van der Waals surface area contributed by atoms with Gasteiger partial charge in [-0.2, -0.15) is 0 Å². The number of aromatic nitrogens is 2. The van der Waals surface area contributed by atoms with Crippen LogP contribution in [0.4, 0.5) is 0 Å². The van der Waals surface area contributed by atoms with Crippen molar-refractivity contribution in [2.75, 3.05) is 33.2 Å². The maximum Gasteiger partial charge on any atom is 0.253 e. The van der Waals surface area contributed by atoms with Gasteiger partial charge in [0.15, 0.2) is 0 Å². The first-order valence-corrected chi connectivity index (χ1v) is 12.1. The van der Waals surface area contributed by atoms with Crippen molar-refractivity contribution in [3.05, 3.63) is 63.8 Å². The molecule has 6 heteroatoms. The average molecular weight is 437 g/mol. The van der Waals surface area contributed by atoms with Crippen LogP contribution in [0.15, 0.2) is 41.2 Å². The van der Waals surface area contributed by atoms with Gasteiger partial charge in [-0.25, -0.2) is 4.98 Å². The Balaban J connectivity index is 1.29. The Bertz CT molecular complexity index is 964. The van der Waals surface area contributed by atoms with Crippen LogP contribution < -0.4 is 5.56 Å². The molecule has 0 bridgehead atoms. The molecule has 3 heterocycles. The molecule has 0 aliphatic carbocycles. The van der Waals surface area contributed by atoms with Crippen molar-refractivity contribution >= 4 is 5.91 Å². The molecule has 1 unspecified atom stereocenters. The minimum absolute atomic E-state index is 0.110. The fraction of sp³-hybridized carbons (Fsp3) is 0.577. The standard InChI is InChI=1S/C26H36N4O2/c1-20(21-9-5-3-6-10-21)18-28(2)26(32)19-29-15-12-22(13-16-29)23-17-25(31)30-14-8-4-7-11-24(30)27-23/h3,5-6,9-10,17,20,22H,4,7-8,11-16,18-19H2,1-2H3. The molecule has 1 saturated heterocycles. The van der Waals surface area contributed by atoms with Crippen LogP contribution in [0, 0.1) is 0 Å². The van der Waals surface area contributed by atoms with Gasteiger partial charge in [0.25, 0.3) is 5.56 Å². The molecule has 4 rings (SSSR count). The highest BCUT2D eigenvalue weighted by atomic mass is 16.2. The second kappa shape index (κ2) is 10.4. The number of amides is 1. The van der Waals surface area contributed by atoms with Gasteiger partial charge < -0.3 is 4.90 Å². The smallest absolute Gasteiger partial charge is 0.253 e. The predicted molar refractivity (Wildman–Crippen MR) is 127 cm³/mol. The Kier molecular flexibility index (Phi) is 7.40. The van der Waals surface area contributed by atoms with E-state index >= 15 is 0 Å². The molecule has 0 N–H and O–H groups in total. The SMILES string of the molecule is CC(CN(C)C(=O)CN1CCC(c2cc(=O)n3c(n2)CCCCC3)CC1)c1ccccc1. The highest BCUT2D eigenvalue weighted by molar-refractivity contribution is 5.78. The molecule has 1 aromatic carbocycles. The first-order valence-electron chi connectivity index (χ1n) is 12.1. The molecule has 1 fully saturated rings. The molecule has 0 saturated carbocycles. The van der Waals surface area contributed by atoms with Crippen LogP contribution in [-0.2, 0) is 17.8 Å². The van der Waals surface area contributed by atoms with E-state index in [1.165, 1.54) is 12.0 Å². The average Bonchev–Trinajstić information content (AvgIpc) is 3.06. The summed E-state index contributed by atoms with van der Waals surface area (Å²) in [6, 6.07) is 12.1. The summed E-state index contributed by atoms with van der Waals surface area (Å²) in [5, 5.41) is 0. The molecule has 1 atom stereocenters. The Morgan fingerprint density at radius 3 is 2.62 bits per heavy atom.